The highest BCUT2D eigenvalue weighted by Gasteiger charge is 2.32. The number of hydrogen-bond donors (Lipinski definition) is 3. The lowest BCUT2D eigenvalue weighted by Gasteiger charge is -2.08. The molecule has 3 heterocycles. The second kappa shape index (κ2) is 18.8. The van der Waals surface area contributed by atoms with E-state index in [1.165, 1.54) is 0 Å². The predicted molar refractivity (Wildman–Crippen MR) is 180 cm³/mol. The highest BCUT2D eigenvalue weighted by Crippen LogP contribution is 2.35. The number of nitrogens with one attached hydrogen (secondary N) is 3. The van der Waals surface area contributed by atoms with Crippen LogP contribution in [0.25, 0.3) is 22.8 Å². The van der Waals surface area contributed by atoms with Gasteiger partial charge in [-0.2, -0.15) is 0 Å². The van der Waals surface area contributed by atoms with Crippen molar-refractivity contribution in [3.8, 4) is 22.8 Å². The van der Waals surface area contributed by atoms with E-state index in [2.05, 4.69) is 28.8 Å². The third-order valence-corrected chi connectivity index (χ3v) is 7.91. The summed E-state index contributed by atoms with van der Waals surface area (Å²) in [4.78, 5) is 62.7. The maximum Gasteiger partial charge on any atom is 0.355 e. The first-order valence-corrected chi connectivity index (χ1v) is 17.1. The highest BCUT2D eigenvalue weighted by atomic mass is 16.5. The summed E-state index contributed by atoms with van der Waals surface area (Å²) in [6.07, 6.45) is 8.59. The Bertz CT molecular complexity index is 1390. The lowest BCUT2D eigenvalue weighted by molar-refractivity contribution is 0.0504. The van der Waals surface area contributed by atoms with Gasteiger partial charge >= 0.3 is 23.9 Å². The summed E-state index contributed by atoms with van der Waals surface area (Å²) in [5.41, 5.74) is 3.77. The van der Waals surface area contributed by atoms with Crippen LogP contribution >= 0.6 is 0 Å². The third kappa shape index (κ3) is 9.17. The molecule has 0 bridgehead atoms. The first kappa shape index (κ1) is 37.2. The highest BCUT2D eigenvalue weighted by molar-refractivity contribution is 6.04. The van der Waals surface area contributed by atoms with Crippen LogP contribution in [0.1, 0.15) is 146 Å². The zero-order valence-electron chi connectivity index (χ0n) is 28.8. The van der Waals surface area contributed by atoms with Crippen LogP contribution in [-0.2, 0) is 31.8 Å². The molecule has 0 fully saturated rings. The van der Waals surface area contributed by atoms with E-state index in [1.807, 2.05) is 0 Å². The Morgan fingerprint density at radius 1 is 0.489 bits per heavy atom. The van der Waals surface area contributed by atoms with Crippen LogP contribution in [-0.4, -0.2) is 65.3 Å². The quantitative estimate of drug-likeness (QED) is 0.0631. The summed E-state index contributed by atoms with van der Waals surface area (Å²) in [6.45, 7) is 11.8. The van der Waals surface area contributed by atoms with Crippen molar-refractivity contribution in [3.05, 3.63) is 45.8 Å². The Balaban J connectivity index is 2.22. The van der Waals surface area contributed by atoms with Crippen LogP contribution in [0.5, 0.6) is 0 Å². The zero-order chi connectivity index (χ0) is 34.3. The summed E-state index contributed by atoms with van der Waals surface area (Å²) in [5, 5.41) is 0. The van der Waals surface area contributed by atoms with Crippen molar-refractivity contribution < 1.29 is 38.1 Å². The number of hydrogen-bond acceptors (Lipinski definition) is 8. The molecule has 0 aliphatic rings. The summed E-state index contributed by atoms with van der Waals surface area (Å²) in [7, 11) is 0. The normalized spacial score (nSPS) is 11.0. The standard InChI is InChI=1S/C36H51N3O8/c1-7-13-15-17-19-23-27(33(40)44-9-3)31(38-29(23)35(42)46-11-5)25-21-22-26(37-25)32-28(34(41)45-10-4)24(20-18-16-14-8-2)30(39-32)36(43)47-12-6/h21-22,37-39H,7-20H2,1-6H3. The van der Waals surface area contributed by atoms with Gasteiger partial charge in [0, 0.05) is 0 Å². The molecule has 0 aliphatic heterocycles. The van der Waals surface area contributed by atoms with Crippen molar-refractivity contribution in [3.63, 3.8) is 0 Å². The maximum atomic E-state index is 13.4. The van der Waals surface area contributed by atoms with Gasteiger partial charge in [-0.25, -0.2) is 19.2 Å². The van der Waals surface area contributed by atoms with Gasteiger partial charge < -0.3 is 33.9 Å². The number of carbonyl (C=O) groups excluding carboxylic acids is 4. The number of esters is 4. The molecule has 0 aromatic carbocycles. The molecule has 11 nitrogen and oxygen atoms in total. The molecule has 0 saturated heterocycles. The van der Waals surface area contributed by atoms with Crippen LogP contribution in [0.15, 0.2) is 12.1 Å². The van der Waals surface area contributed by atoms with E-state index in [1.54, 1.807) is 39.8 Å². The van der Waals surface area contributed by atoms with E-state index >= 15 is 0 Å². The molecule has 0 amide bonds. The fourth-order valence-corrected chi connectivity index (χ4v) is 5.74. The van der Waals surface area contributed by atoms with Crippen LogP contribution in [0.4, 0.5) is 0 Å². The van der Waals surface area contributed by atoms with Gasteiger partial charge in [-0.1, -0.05) is 52.4 Å². The summed E-state index contributed by atoms with van der Waals surface area (Å²) in [5.74, 6) is -2.21. The molecule has 258 valence electrons. The number of unbranched alkanes of at least 4 members (excludes halogenated alkanes) is 6. The van der Waals surface area contributed by atoms with Gasteiger partial charge in [0.2, 0.25) is 0 Å². The molecule has 3 N–H and O–H groups in total. The number of H-pyrrole nitrogens is 3. The SMILES string of the molecule is CCCCCCc1c(C(=O)OCC)[nH]c(-c2ccc(-c3[nH]c(C(=O)OCC)c(CCCCCC)c3C(=O)OCC)[nH]2)c1C(=O)OCC. The summed E-state index contributed by atoms with van der Waals surface area (Å²) < 4.78 is 21.6. The van der Waals surface area contributed by atoms with Gasteiger partial charge in [0.05, 0.1) is 60.3 Å². The monoisotopic (exact) mass is 653 g/mol. The lowest BCUT2D eigenvalue weighted by atomic mass is 10.00. The molecule has 0 unspecified atom stereocenters. The average molecular weight is 654 g/mol. The second-order valence-corrected chi connectivity index (χ2v) is 11.2. The maximum absolute atomic E-state index is 13.4. The van der Waals surface area contributed by atoms with E-state index in [4.69, 9.17) is 18.9 Å². The molecule has 0 atom stereocenters. The molecule has 0 aliphatic carbocycles. The van der Waals surface area contributed by atoms with E-state index in [0.29, 0.717) is 46.7 Å². The number of carbonyl (C=O) groups is 4. The zero-order valence-corrected chi connectivity index (χ0v) is 28.8. The average Bonchev–Trinajstić information content (AvgIpc) is 3.77. The van der Waals surface area contributed by atoms with E-state index in [9.17, 15) is 19.2 Å². The second-order valence-electron chi connectivity index (χ2n) is 11.2. The molecular weight excluding hydrogens is 602 g/mol. The topological polar surface area (TPSA) is 153 Å². The number of ether oxygens (including phenoxy) is 4. The molecule has 3 aromatic rings. The van der Waals surface area contributed by atoms with Crippen molar-refractivity contribution in [1.82, 2.24) is 15.0 Å². The Morgan fingerprint density at radius 2 is 0.851 bits per heavy atom. The predicted octanol–water partition coefficient (Wildman–Crippen LogP) is 7.96. The number of aromatic amines is 3. The van der Waals surface area contributed by atoms with Crippen LogP contribution in [0, 0.1) is 0 Å². The van der Waals surface area contributed by atoms with Gasteiger partial charge in [0.25, 0.3) is 0 Å². The molecular formula is C36H51N3O8. The minimum atomic E-state index is -0.554. The largest absolute Gasteiger partial charge is 0.462 e. The van der Waals surface area contributed by atoms with Crippen molar-refractivity contribution in [2.75, 3.05) is 26.4 Å². The first-order valence-electron chi connectivity index (χ1n) is 17.1. The van der Waals surface area contributed by atoms with Gasteiger partial charge in [0.1, 0.15) is 11.4 Å². The molecule has 3 rings (SSSR count). The van der Waals surface area contributed by atoms with Crippen molar-refractivity contribution >= 4 is 23.9 Å². The fourth-order valence-electron chi connectivity index (χ4n) is 5.74. The van der Waals surface area contributed by atoms with Crippen LogP contribution in [0.3, 0.4) is 0 Å². The van der Waals surface area contributed by atoms with Gasteiger partial charge in [0.15, 0.2) is 0 Å². The van der Waals surface area contributed by atoms with Crippen LogP contribution in [0.2, 0.25) is 0 Å². The minimum Gasteiger partial charge on any atom is -0.462 e. The summed E-state index contributed by atoms with van der Waals surface area (Å²) >= 11 is 0. The lowest BCUT2D eigenvalue weighted by Crippen LogP contribution is -2.11. The van der Waals surface area contributed by atoms with E-state index in [0.717, 1.165) is 51.4 Å². The van der Waals surface area contributed by atoms with Gasteiger partial charge in [-0.15, -0.1) is 0 Å². The summed E-state index contributed by atoms with van der Waals surface area (Å²) in [6, 6.07) is 3.50. The van der Waals surface area contributed by atoms with Crippen molar-refractivity contribution in [2.24, 2.45) is 0 Å². The first-order chi connectivity index (χ1) is 22.8. The minimum absolute atomic E-state index is 0.159. The molecule has 47 heavy (non-hydrogen) atoms. The van der Waals surface area contributed by atoms with E-state index < -0.39 is 23.9 Å². The van der Waals surface area contributed by atoms with E-state index in [-0.39, 0.29) is 48.9 Å². The molecule has 3 aromatic heterocycles. The Kier molecular flexibility index (Phi) is 14.8. The molecule has 0 radical (unpaired) electrons. The van der Waals surface area contributed by atoms with Crippen molar-refractivity contribution in [2.45, 2.75) is 106 Å². The molecule has 11 heteroatoms. The molecule has 0 saturated carbocycles. The smallest absolute Gasteiger partial charge is 0.355 e. The Labute approximate surface area is 277 Å². The fraction of sp³-hybridized carbons (Fsp3) is 0.556. The Morgan fingerprint density at radius 3 is 1.19 bits per heavy atom. The Hall–Kier alpha value is -4.28. The number of aromatic nitrogens is 3. The number of rotatable bonds is 20. The van der Waals surface area contributed by atoms with Crippen molar-refractivity contribution in [1.29, 1.82) is 0 Å². The van der Waals surface area contributed by atoms with Gasteiger partial charge in [-0.3, -0.25) is 0 Å². The van der Waals surface area contributed by atoms with Gasteiger partial charge in [-0.05, 0) is 76.6 Å². The third-order valence-electron chi connectivity index (χ3n) is 7.91. The molecule has 0 spiro atoms. The van der Waals surface area contributed by atoms with Crippen LogP contribution < -0.4 is 0 Å².